The second-order valence-electron chi connectivity index (χ2n) is 7.23. The van der Waals surface area contributed by atoms with E-state index in [1.807, 2.05) is 6.92 Å². The molecule has 0 aliphatic heterocycles. The zero-order chi connectivity index (χ0) is 19.9. The van der Waals surface area contributed by atoms with Gasteiger partial charge in [0.1, 0.15) is 11.8 Å². The number of methoxy groups -OCH3 is 1. The van der Waals surface area contributed by atoms with Gasteiger partial charge >= 0.3 is 0 Å². The van der Waals surface area contributed by atoms with Crippen LogP contribution in [0.3, 0.4) is 0 Å². The van der Waals surface area contributed by atoms with Crippen LogP contribution in [0.15, 0.2) is 24.3 Å². The standard InChI is InChI=1S/C20H32N2O4S/c1-4-19(20(23)21-16-11-8-6-5-7-9-12-16)22(27(3,24)25)17-13-10-14-18(15-17)26-2/h10,13-16,19H,4-9,11-12H2,1-3H3,(H,21,23)/t19-/m1/s1. The van der Waals surface area contributed by atoms with Gasteiger partial charge in [-0.1, -0.05) is 45.1 Å². The van der Waals surface area contributed by atoms with Crippen molar-refractivity contribution in [3.63, 3.8) is 0 Å². The average Bonchev–Trinajstić information content (AvgIpc) is 2.60. The molecule has 27 heavy (non-hydrogen) atoms. The van der Waals surface area contributed by atoms with Gasteiger partial charge in [-0.3, -0.25) is 9.10 Å². The molecule has 1 aliphatic rings. The number of benzene rings is 1. The van der Waals surface area contributed by atoms with Crippen molar-refractivity contribution in [1.29, 1.82) is 0 Å². The molecule has 6 nitrogen and oxygen atoms in total. The Morgan fingerprint density at radius 2 is 1.85 bits per heavy atom. The smallest absolute Gasteiger partial charge is 0.244 e. The molecule has 0 saturated heterocycles. The highest BCUT2D eigenvalue weighted by molar-refractivity contribution is 7.92. The second kappa shape index (κ2) is 9.97. The van der Waals surface area contributed by atoms with E-state index in [4.69, 9.17) is 4.74 Å². The lowest BCUT2D eigenvalue weighted by Gasteiger charge is -2.32. The van der Waals surface area contributed by atoms with E-state index in [1.165, 1.54) is 30.7 Å². The van der Waals surface area contributed by atoms with Crippen LogP contribution in [0.25, 0.3) is 0 Å². The minimum Gasteiger partial charge on any atom is -0.497 e. The largest absolute Gasteiger partial charge is 0.497 e. The predicted molar refractivity (Wildman–Crippen MR) is 109 cm³/mol. The van der Waals surface area contributed by atoms with Crippen molar-refractivity contribution in [3.05, 3.63) is 24.3 Å². The molecule has 2 rings (SSSR count). The summed E-state index contributed by atoms with van der Waals surface area (Å²) in [6.45, 7) is 1.83. The van der Waals surface area contributed by atoms with Gasteiger partial charge in [0.25, 0.3) is 0 Å². The van der Waals surface area contributed by atoms with Crippen LogP contribution in [-0.2, 0) is 14.8 Å². The molecule has 1 saturated carbocycles. The maximum atomic E-state index is 13.0. The summed E-state index contributed by atoms with van der Waals surface area (Å²) in [5.41, 5.74) is 0.441. The zero-order valence-electron chi connectivity index (χ0n) is 16.6. The van der Waals surface area contributed by atoms with Crippen LogP contribution >= 0.6 is 0 Å². The summed E-state index contributed by atoms with van der Waals surface area (Å²) in [7, 11) is -2.11. The summed E-state index contributed by atoms with van der Waals surface area (Å²) >= 11 is 0. The summed E-state index contributed by atoms with van der Waals surface area (Å²) in [4.78, 5) is 13.0. The monoisotopic (exact) mass is 396 g/mol. The Morgan fingerprint density at radius 3 is 2.41 bits per heavy atom. The quantitative estimate of drug-likeness (QED) is 0.766. The summed E-state index contributed by atoms with van der Waals surface area (Å²) < 4.78 is 31.5. The van der Waals surface area contributed by atoms with Crippen LogP contribution in [0.5, 0.6) is 5.75 Å². The third kappa shape index (κ3) is 6.13. The lowest BCUT2D eigenvalue weighted by atomic mass is 9.96. The molecule has 7 heteroatoms. The highest BCUT2D eigenvalue weighted by atomic mass is 32.2. The normalized spacial score (nSPS) is 17.4. The van der Waals surface area contributed by atoms with E-state index in [1.54, 1.807) is 24.3 Å². The van der Waals surface area contributed by atoms with Gasteiger partial charge in [-0.15, -0.1) is 0 Å². The number of hydrogen-bond acceptors (Lipinski definition) is 4. The Labute approximate surface area is 163 Å². The predicted octanol–water partition coefficient (Wildman–Crippen LogP) is 3.47. The van der Waals surface area contributed by atoms with Crippen LogP contribution in [0, 0.1) is 0 Å². The molecule has 0 bridgehead atoms. The maximum Gasteiger partial charge on any atom is 0.244 e. The van der Waals surface area contributed by atoms with Crippen molar-refractivity contribution in [3.8, 4) is 5.75 Å². The van der Waals surface area contributed by atoms with E-state index >= 15 is 0 Å². The number of nitrogens with one attached hydrogen (secondary N) is 1. The van der Waals surface area contributed by atoms with Gasteiger partial charge in [-0.05, 0) is 31.4 Å². The molecule has 1 aromatic carbocycles. The van der Waals surface area contributed by atoms with Gasteiger partial charge in [0, 0.05) is 12.1 Å². The fraction of sp³-hybridized carbons (Fsp3) is 0.650. The van der Waals surface area contributed by atoms with Gasteiger partial charge in [0.2, 0.25) is 15.9 Å². The fourth-order valence-electron chi connectivity index (χ4n) is 3.71. The number of hydrogen-bond donors (Lipinski definition) is 1. The fourth-order valence-corrected chi connectivity index (χ4v) is 4.91. The molecule has 1 N–H and O–H groups in total. The van der Waals surface area contributed by atoms with E-state index in [-0.39, 0.29) is 11.9 Å². The molecule has 1 aliphatic carbocycles. The minimum absolute atomic E-state index is 0.124. The van der Waals surface area contributed by atoms with E-state index in [0.29, 0.717) is 17.9 Å². The first-order chi connectivity index (χ1) is 12.9. The lowest BCUT2D eigenvalue weighted by molar-refractivity contribution is -0.123. The number of carbonyl (C=O) groups excluding carboxylic acids is 1. The molecule has 1 amide bonds. The molecule has 0 unspecified atom stereocenters. The highest BCUT2D eigenvalue weighted by Gasteiger charge is 2.32. The summed E-state index contributed by atoms with van der Waals surface area (Å²) in [5.74, 6) is 0.327. The van der Waals surface area contributed by atoms with Crippen LogP contribution in [0.1, 0.15) is 58.3 Å². The molecule has 152 valence electrons. The summed E-state index contributed by atoms with van der Waals surface area (Å²) in [6.07, 6.45) is 9.31. The molecule has 0 radical (unpaired) electrons. The van der Waals surface area contributed by atoms with Crippen LogP contribution < -0.4 is 14.4 Å². The van der Waals surface area contributed by atoms with Gasteiger partial charge in [0.05, 0.1) is 19.1 Å². The first-order valence-corrected chi connectivity index (χ1v) is 11.7. The number of carbonyl (C=O) groups is 1. The van der Waals surface area contributed by atoms with Gasteiger partial charge in [-0.2, -0.15) is 0 Å². The average molecular weight is 397 g/mol. The van der Waals surface area contributed by atoms with E-state index < -0.39 is 16.1 Å². The number of anilines is 1. The van der Waals surface area contributed by atoms with Crippen molar-refractivity contribution < 1.29 is 17.9 Å². The van der Waals surface area contributed by atoms with E-state index in [2.05, 4.69) is 5.32 Å². The first-order valence-electron chi connectivity index (χ1n) is 9.80. The third-order valence-electron chi connectivity index (χ3n) is 5.09. The Morgan fingerprint density at radius 1 is 1.22 bits per heavy atom. The summed E-state index contributed by atoms with van der Waals surface area (Å²) in [5, 5.41) is 3.11. The molecular formula is C20H32N2O4S. The van der Waals surface area contributed by atoms with Crippen LogP contribution in [0.2, 0.25) is 0 Å². The first kappa shape index (κ1) is 21.5. The number of amides is 1. The Bertz CT molecular complexity index is 712. The second-order valence-corrected chi connectivity index (χ2v) is 9.09. The lowest BCUT2D eigenvalue weighted by Crippen LogP contribution is -2.51. The third-order valence-corrected chi connectivity index (χ3v) is 6.27. The SMILES string of the molecule is CC[C@H](C(=O)NC1CCCCCCC1)N(c1cccc(OC)c1)S(C)(=O)=O. The molecule has 1 aromatic rings. The zero-order valence-corrected chi connectivity index (χ0v) is 17.4. The van der Waals surface area contributed by atoms with Gasteiger partial charge in [-0.25, -0.2) is 8.42 Å². The Hall–Kier alpha value is -1.76. The topological polar surface area (TPSA) is 75.7 Å². The Kier molecular flexibility index (Phi) is 7.95. The van der Waals surface area contributed by atoms with Gasteiger partial charge < -0.3 is 10.1 Å². The van der Waals surface area contributed by atoms with Crippen molar-refractivity contribution >= 4 is 21.6 Å². The van der Waals surface area contributed by atoms with E-state index in [0.717, 1.165) is 31.9 Å². The number of ether oxygens (including phenoxy) is 1. The summed E-state index contributed by atoms with van der Waals surface area (Å²) in [6, 6.07) is 6.16. The molecular weight excluding hydrogens is 364 g/mol. The minimum atomic E-state index is -3.64. The molecule has 1 atom stereocenters. The maximum absolute atomic E-state index is 13.0. The van der Waals surface area contributed by atoms with Crippen molar-refractivity contribution in [2.45, 2.75) is 70.4 Å². The van der Waals surface area contributed by atoms with Crippen molar-refractivity contribution in [2.75, 3.05) is 17.7 Å². The molecule has 0 heterocycles. The Balaban J connectivity index is 2.24. The number of sulfonamides is 1. The molecule has 0 aromatic heterocycles. The van der Waals surface area contributed by atoms with Crippen molar-refractivity contribution in [1.82, 2.24) is 5.32 Å². The highest BCUT2D eigenvalue weighted by Crippen LogP contribution is 2.27. The van der Waals surface area contributed by atoms with Gasteiger partial charge in [0.15, 0.2) is 0 Å². The number of nitrogens with zero attached hydrogens (tertiary/aromatic N) is 1. The molecule has 1 fully saturated rings. The van der Waals surface area contributed by atoms with E-state index in [9.17, 15) is 13.2 Å². The van der Waals surface area contributed by atoms with Crippen LogP contribution in [-0.4, -0.2) is 39.8 Å². The molecule has 0 spiro atoms. The van der Waals surface area contributed by atoms with Crippen LogP contribution in [0.4, 0.5) is 5.69 Å². The number of rotatable bonds is 7. The van der Waals surface area contributed by atoms with Crippen molar-refractivity contribution in [2.24, 2.45) is 0 Å².